The van der Waals surface area contributed by atoms with Gasteiger partial charge in [-0.1, -0.05) is 19.3 Å². The summed E-state index contributed by atoms with van der Waals surface area (Å²) >= 11 is 0. The average Bonchev–Trinajstić information content (AvgIpc) is 2.72. The number of urea groups is 1. The lowest BCUT2D eigenvalue weighted by molar-refractivity contribution is -0.154. The van der Waals surface area contributed by atoms with E-state index in [2.05, 4.69) is 10.6 Å². The van der Waals surface area contributed by atoms with Crippen LogP contribution < -0.4 is 20.1 Å². The van der Waals surface area contributed by atoms with Gasteiger partial charge in [0.1, 0.15) is 11.5 Å². The number of methoxy groups -OCH3 is 2. The maximum atomic E-state index is 12.1. The Morgan fingerprint density at radius 2 is 1.66 bits per heavy atom. The maximum Gasteiger partial charge on any atom is 0.321 e. The van der Waals surface area contributed by atoms with E-state index in [-0.39, 0.29) is 12.5 Å². The van der Waals surface area contributed by atoms with Crippen LogP contribution in [0, 0.1) is 0 Å². The number of nitrogens with one attached hydrogen (secondary N) is 2. The van der Waals surface area contributed by atoms with Crippen molar-refractivity contribution in [1.82, 2.24) is 10.6 Å². The second kappa shape index (κ2) is 11.3. The Morgan fingerprint density at radius 3 is 2.24 bits per heavy atom. The number of imide groups is 1. The van der Waals surface area contributed by atoms with Crippen LogP contribution in [-0.4, -0.2) is 44.3 Å². The molecule has 1 aliphatic carbocycles. The molecule has 0 heterocycles. The molecular formula is C21H30N2O6. The van der Waals surface area contributed by atoms with Crippen molar-refractivity contribution < 1.29 is 28.6 Å². The van der Waals surface area contributed by atoms with E-state index in [1.54, 1.807) is 20.3 Å². The zero-order chi connectivity index (χ0) is 21.2. The summed E-state index contributed by atoms with van der Waals surface area (Å²) in [5.74, 6) is 0.0886. The van der Waals surface area contributed by atoms with Crippen LogP contribution in [0.15, 0.2) is 18.2 Å². The van der Waals surface area contributed by atoms with Gasteiger partial charge in [0.2, 0.25) is 0 Å². The molecule has 0 unspecified atom stereocenters. The highest BCUT2D eigenvalue weighted by Crippen LogP contribution is 2.23. The van der Waals surface area contributed by atoms with Gasteiger partial charge in [0.05, 0.1) is 14.2 Å². The topological polar surface area (TPSA) is 103 Å². The van der Waals surface area contributed by atoms with Crippen LogP contribution in [0.3, 0.4) is 0 Å². The van der Waals surface area contributed by atoms with Gasteiger partial charge in [0.15, 0.2) is 6.10 Å². The summed E-state index contributed by atoms with van der Waals surface area (Å²) < 4.78 is 15.6. The molecule has 8 heteroatoms. The molecule has 160 valence electrons. The van der Waals surface area contributed by atoms with Gasteiger partial charge < -0.3 is 19.5 Å². The summed E-state index contributed by atoms with van der Waals surface area (Å²) in [4.78, 5) is 36.1. The normalized spacial score (nSPS) is 15.1. The predicted octanol–water partition coefficient (Wildman–Crippen LogP) is 2.73. The van der Waals surface area contributed by atoms with Crippen molar-refractivity contribution in [2.45, 2.75) is 64.0 Å². The molecule has 0 aromatic heterocycles. The van der Waals surface area contributed by atoms with Gasteiger partial charge in [-0.25, -0.2) is 4.79 Å². The van der Waals surface area contributed by atoms with E-state index < -0.39 is 24.0 Å². The number of hydrogen-bond donors (Lipinski definition) is 2. The Kier molecular flexibility index (Phi) is 8.76. The number of benzene rings is 1. The third-order valence-electron chi connectivity index (χ3n) is 4.88. The summed E-state index contributed by atoms with van der Waals surface area (Å²) in [5.41, 5.74) is 0.849. The molecule has 0 aliphatic heterocycles. The van der Waals surface area contributed by atoms with Crippen LogP contribution in [-0.2, 0) is 20.7 Å². The summed E-state index contributed by atoms with van der Waals surface area (Å²) in [5, 5.41) is 5.03. The van der Waals surface area contributed by atoms with Crippen LogP contribution in [0.5, 0.6) is 11.5 Å². The van der Waals surface area contributed by atoms with Gasteiger partial charge in [0.25, 0.3) is 5.91 Å². The highest BCUT2D eigenvalue weighted by Gasteiger charge is 2.22. The SMILES string of the molecule is COc1cc(CCC(=O)O[C@H](C)C(=O)NC(=O)NC2CCCCC2)cc(OC)c1. The van der Waals surface area contributed by atoms with Crippen molar-refractivity contribution in [2.24, 2.45) is 0 Å². The summed E-state index contributed by atoms with van der Waals surface area (Å²) in [7, 11) is 3.11. The maximum absolute atomic E-state index is 12.1. The van der Waals surface area contributed by atoms with Crippen molar-refractivity contribution in [3.05, 3.63) is 23.8 Å². The summed E-state index contributed by atoms with van der Waals surface area (Å²) in [6, 6.07) is 4.90. The third kappa shape index (κ3) is 7.63. The Balaban J connectivity index is 1.76. The molecule has 0 radical (unpaired) electrons. The molecule has 1 saturated carbocycles. The van der Waals surface area contributed by atoms with Gasteiger partial charge in [-0.3, -0.25) is 14.9 Å². The van der Waals surface area contributed by atoms with E-state index >= 15 is 0 Å². The zero-order valence-electron chi connectivity index (χ0n) is 17.3. The van der Waals surface area contributed by atoms with E-state index in [1.165, 1.54) is 13.3 Å². The molecule has 0 spiro atoms. The van der Waals surface area contributed by atoms with Crippen LogP contribution in [0.4, 0.5) is 4.79 Å². The molecule has 8 nitrogen and oxygen atoms in total. The Hall–Kier alpha value is -2.77. The highest BCUT2D eigenvalue weighted by molar-refractivity contribution is 5.97. The minimum absolute atomic E-state index is 0.0855. The summed E-state index contributed by atoms with van der Waals surface area (Å²) in [6.45, 7) is 1.44. The van der Waals surface area contributed by atoms with E-state index in [0.29, 0.717) is 17.9 Å². The molecule has 3 amide bonds. The number of amides is 3. The molecule has 0 bridgehead atoms. The fraction of sp³-hybridized carbons (Fsp3) is 0.571. The highest BCUT2D eigenvalue weighted by atomic mass is 16.5. The molecule has 2 N–H and O–H groups in total. The number of hydrogen-bond acceptors (Lipinski definition) is 6. The van der Waals surface area contributed by atoms with Gasteiger partial charge in [0, 0.05) is 18.5 Å². The fourth-order valence-electron chi connectivity index (χ4n) is 3.25. The number of esters is 1. The molecule has 1 fully saturated rings. The molecule has 0 saturated heterocycles. The third-order valence-corrected chi connectivity index (χ3v) is 4.88. The molecule has 1 aliphatic rings. The molecule has 1 atom stereocenters. The largest absolute Gasteiger partial charge is 0.497 e. The van der Waals surface area contributed by atoms with Gasteiger partial charge >= 0.3 is 12.0 Å². The second-order valence-electron chi connectivity index (χ2n) is 7.15. The quantitative estimate of drug-likeness (QED) is 0.644. The summed E-state index contributed by atoms with van der Waals surface area (Å²) in [6.07, 6.45) is 4.60. The average molecular weight is 406 g/mol. The predicted molar refractivity (Wildman–Crippen MR) is 107 cm³/mol. The van der Waals surface area contributed by atoms with Crippen molar-refractivity contribution in [3.8, 4) is 11.5 Å². The molecular weight excluding hydrogens is 376 g/mol. The first-order valence-electron chi connectivity index (χ1n) is 9.94. The van der Waals surface area contributed by atoms with Crippen LogP contribution in [0.1, 0.15) is 51.0 Å². The van der Waals surface area contributed by atoms with Crippen LogP contribution >= 0.6 is 0 Å². The number of rotatable bonds is 8. The van der Waals surface area contributed by atoms with Crippen molar-refractivity contribution >= 4 is 17.9 Å². The fourth-order valence-corrected chi connectivity index (χ4v) is 3.25. The van der Waals surface area contributed by atoms with Crippen molar-refractivity contribution in [2.75, 3.05) is 14.2 Å². The molecule has 1 aromatic carbocycles. The van der Waals surface area contributed by atoms with Crippen LogP contribution in [0.25, 0.3) is 0 Å². The molecule has 1 aromatic rings. The van der Waals surface area contributed by atoms with E-state index in [9.17, 15) is 14.4 Å². The van der Waals surface area contributed by atoms with Crippen molar-refractivity contribution in [3.63, 3.8) is 0 Å². The smallest absolute Gasteiger partial charge is 0.321 e. The lowest BCUT2D eigenvalue weighted by Gasteiger charge is -2.23. The van der Waals surface area contributed by atoms with E-state index in [0.717, 1.165) is 31.2 Å². The van der Waals surface area contributed by atoms with Gasteiger partial charge in [-0.2, -0.15) is 0 Å². The van der Waals surface area contributed by atoms with Gasteiger partial charge in [-0.15, -0.1) is 0 Å². The lowest BCUT2D eigenvalue weighted by atomic mass is 9.96. The number of carbonyl (C=O) groups excluding carboxylic acids is 3. The minimum atomic E-state index is -1.06. The van der Waals surface area contributed by atoms with Crippen molar-refractivity contribution in [1.29, 1.82) is 0 Å². The Bertz CT molecular complexity index is 693. The standard InChI is InChI=1S/C21H30N2O6/c1-14(20(25)23-21(26)22-16-7-5-4-6-8-16)29-19(24)10-9-15-11-17(27-2)13-18(12-15)28-3/h11-14,16H,4-10H2,1-3H3,(H2,22,23,25,26)/t14-/m1/s1. The van der Waals surface area contributed by atoms with E-state index in [4.69, 9.17) is 14.2 Å². The minimum Gasteiger partial charge on any atom is -0.497 e. The monoisotopic (exact) mass is 406 g/mol. The first kappa shape index (κ1) is 22.5. The lowest BCUT2D eigenvalue weighted by Crippen LogP contribution is -2.48. The zero-order valence-corrected chi connectivity index (χ0v) is 17.3. The Morgan fingerprint density at radius 1 is 1.03 bits per heavy atom. The molecule has 2 rings (SSSR count). The van der Waals surface area contributed by atoms with Crippen LogP contribution in [0.2, 0.25) is 0 Å². The first-order chi connectivity index (χ1) is 13.9. The number of aryl methyl sites for hydroxylation is 1. The molecule has 29 heavy (non-hydrogen) atoms. The second-order valence-corrected chi connectivity index (χ2v) is 7.15. The first-order valence-corrected chi connectivity index (χ1v) is 9.94. The number of carbonyl (C=O) groups is 3. The van der Waals surface area contributed by atoms with E-state index in [1.807, 2.05) is 12.1 Å². The van der Waals surface area contributed by atoms with Gasteiger partial charge in [-0.05, 0) is 43.9 Å². The Labute approximate surface area is 171 Å². The number of ether oxygens (including phenoxy) is 3.